The number of carbonyl (C=O) groups is 1. The number of unbranched alkanes of at least 4 members (excludes halogenated alkanes) is 1. The van der Waals surface area contributed by atoms with Crippen molar-refractivity contribution < 1.29 is 19.4 Å². The van der Waals surface area contributed by atoms with Crippen molar-refractivity contribution >= 4 is 5.91 Å². The Labute approximate surface area is 185 Å². The topological polar surface area (TPSA) is 79.8 Å². The molecule has 0 aliphatic carbocycles. The summed E-state index contributed by atoms with van der Waals surface area (Å²) in [4.78, 5) is 12.7. The molecule has 0 aromatic carbocycles. The third-order valence-corrected chi connectivity index (χ3v) is 4.44. The summed E-state index contributed by atoms with van der Waals surface area (Å²) in [5, 5.41) is 16.0. The van der Waals surface area contributed by atoms with Gasteiger partial charge >= 0.3 is 0 Å². The van der Waals surface area contributed by atoms with E-state index in [-0.39, 0.29) is 41.2 Å². The van der Waals surface area contributed by atoms with Gasteiger partial charge in [0.1, 0.15) is 0 Å². The first-order valence-corrected chi connectivity index (χ1v) is 11.6. The van der Waals surface area contributed by atoms with Gasteiger partial charge in [0, 0.05) is 31.2 Å². The highest BCUT2D eigenvalue weighted by atomic mass is 16.5. The maximum Gasteiger partial charge on any atom is 0.237 e. The van der Waals surface area contributed by atoms with Gasteiger partial charge in [-0.15, -0.1) is 0 Å². The van der Waals surface area contributed by atoms with E-state index in [1.807, 2.05) is 41.5 Å². The Morgan fingerprint density at radius 1 is 0.867 bits per heavy atom. The lowest BCUT2D eigenvalue weighted by atomic mass is 10.0. The molecule has 2 atom stereocenters. The fourth-order valence-electron chi connectivity index (χ4n) is 2.95. The summed E-state index contributed by atoms with van der Waals surface area (Å²) in [5.41, 5.74) is -0.470. The minimum atomic E-state index is -0.223. The first-order valence-electron chi connectivity index (χ1n) is 11.6. The molecule has 0 bridgehead atoms. The van der Waals surface area contributed by atoms with Crippen LogP contribution in [0.3, 0.4) is 0 Å². The van der Waals surface area contributed by atoms with E-state index in [2.05, 4.69) is 31.4 Å². The molecule has 0 saturated heterocycles. The molecule has 6 heteroatoms. The summed E-state index contributed by atoms with van der Waals surface area (Å²) in [6.07, 6.45) is 4.33. The van der Waals surface area contributed by atoms with Crippen LogP contribution in [0.1, 0.15) is 94.4 Å². The van der Waals surface area contributed by atoms with Crippen molar-refractivity contribution in [3.63, 3.8) is 0 Å². The molecular weight excluding hydrogens is 380 g/mol. The minimum Gasteiger partial charge on any atom is -0.396 e. The van der Waals surface area contributed by atoms with Crippen LogP contribution in [-0.4, -0.2) is 60.2 Å². The summed E-state index contributed by atoms with van der Waals surface area (Å²) >= 11 is 0. The molecule has 0 saturated carbocycles. The molecule has 3 N–H and O–H groups in total. The van der Waals surface area contributed by atoms with E-state index in [0.717, 1.165) is 32.1 Å². The van der Waals surface area contributed by atoms with Crippen molar-refractivity contribution in [2.24, 2.45) is 5.92 Å². The molecule has 0 radical (unpaired) electrons. The summed E-state index contributed by atoms with van der Waals surface area (Å²) < 4.78 is 11.6. The predicted molar refractivity (Wildman–Crippen MR) is 125 cm³/mol. The normalized spacial score (nSPS) is 15.1. The Balaban J connectivity index is 4.30. The number of ether oxygens (including phenoxy) is 2. The number of rotatable bonds is 14. The van der Waals surface area contributed by atoms with Crippen molar-refractivity contribution in [1.29, 1.82) is 0 Å². The monoisotopic (exact) mass is 430 g/mol. The largest absolute Gasteiger partial charge is 0.396 e. The maximum absolute atomic E-state index is 12.7. The fraction of sp³-hybridized carbons (Fsp3) is 0.958. The van der Waals surface area contributed by atoms with Gasteiger partial charge in [-0.2, -0.15) is 0 Å². The third kappa shape index (κ3) is 18.1. The van der Waals surface area contributed by atoms with Crippen molar-refractivity contribution in [1.82, 2.24) is 10.6 Å². The minimum absolute atomic E-state index is 0.0513. The van der Waals surface area contributed by atoms with Gasteiger partial charge in [0.05, 0.1) is 23.9 Å². The van der Waals surface area contributed by atoms with Crippen LogP contribution in [0.15, 0.2) is 0 Å². The first kappa shape index (κ1) is 29.3. The van der Waals surface area contributed by atoms with E-state index in [0.29, 0.717) is 19.8 Å². The van der Waals surface area contributed by atoms with Gasteiger partial charge < -0.3 is 25.2 Å². The molecule has 0 spiro atoms. The zero-order chi connectivity index (χ0) is 23.4. The highest BCUT2D eigenvalue weighted by molar-refractivity contribution is 5.81. The molecule has 0 heterocycles. The van der Waals surface area contributed by atoms with Crippen LogP contribution in [-0.2, 0) is 14.3 Å². The molecule has 0 rings (SSSR count). The van der Waals surface area contributed by atoms with Gasteiger partial charge in [0.2, 0.25) is 5.91 Å². The molecule has 6 nitrogen and oxygen atoms in total. The van der Waals surface area contributed by atoms with Gasteiger partial charge in [0.15, 0.2) is 0 Å². The summed E-state index contributed by atoms with van der Waals surface area (Å²) in [5.74, 6) is 0.202. The number of nitrogens with one attached hydrogen (secondary N) is 2. The number of hydrogen-bond acceptors (Lipinski definition) is 5. The lowest BCUT2D eigenvalue weighted by Crippen LogP contribution is -2.51. The Morgan fingerprint density at radius 3 is 1.97 bits per heavy atom. The molecule has 180 valence electrons. The Hall–Kier alpha value is -0.690. The highest BCUT2D eigenvalue weighted by Crippen LogP contribution is 2.14. The predicted octanol–water partition coefficient (Wildman–Crippen LogP) is 4.05. The van der Waals surface area contributed by atoms with Crippen molar-refractivity contribution in [3.8, 4) is 0 Å². The second kappa shape index (κ2) is 13.7. The molecule has 0 aromatic rings. The van der Waals surface area contributed by atoms with Crippen LogP contribution in [0.5, 0.6) is 0 Å². The summed E-state index contributed by atoms with van der Waals surface area (Å²) in [6, 6.07) is -0.223. The molecular formula is C24H50N2O4. The van der Waals surface area contributed by atoms with Gasteiger partial charge in [-0.1, -0.05) is 6.42 Å². The van der Waals surface area contributed by atoms with E-state index < -0.39 is 0 Å². The molecule has 0 aromatic heterocycles. The van der Waals surface area contributed by atoms with Crippen molar-refractivity contribution in [3.05, 3.63) is 0 Å². The number of carbonyl (C=O) groups excluding carboxylic acids is 1. The number of aliphatic hydroxyl groups is 1. The van der Waals surface area contributed by atoms with Crippen molar-refractivity contribution in [2.75, 3.05) is 26.4 Å². The van der Waals surface area contributed by atoms with Crippen molar-refractivity contribution in [2.45, 2.75) is 117 Å². The van der Waals surface area contributed by atoms with E-state index in [4.69, 9.17) is 9.47 Å². The lowest BCUT2D eigenvalue weighted by Gasteiger charge is -2.28. The van der Waals surface area contributed by atoms with Crippen LogP contribution in [0.2, 0.25) is 0 Å². The van der Waals surface area contributed by atoms with Gasteiger partial charge in [0.25, 0.3) is 0 Å². The number of hydrogen-bond donors (Lipinski definition) is 3. The van der Waals surface area contributed by atoms with Crippen LogP contribution in [0.4, 0.5) is 0 Å². The molecule has 0 fully saturated rings. The van der Waals surface area contributed by atoms with Gasteiger partial charge in [-0.25, -0.2) is 0 Å². The van der Waals surface area contributed by atoms with Gasteiger partial charge in [-0.3, -0.25) is 4.79 Å². The highest BCUT2D eigenvalue weighted by Gasteiger charge is 2.23. The first-order chi connectivity index (χ1) is 13.6. The molecule has 1 unspecified atom stereocenters. The van der Waals surface area contributed by atoms with E-state index >= 15 is 0 Å². The van der Waals surface area contributed by atoms with Crippen LogP contribution >= 0.6 is 0 Å². The zero-order valence-corrected chi connectivity index (χ0v) is 21.2. The zero-order valence-electron chi connectivity index (χ0n) is 21.2. The standard InChI is InChI=1S/C24H50N2O4/c1-22(2,3)26-20(14-12-16-29-23(4,5)6)21(28)25-15-11-10-13-19(17-27)18-30-24(7,8)9/h19-20,26-27H,10-18H2,1-9H3,(H,25,28)/t19?,20-/m0/s1. The molecule has 1 amide bonds. The van der Waals surface area contributed by atoms with E-state index in [1.54, 1.807) is 0 Å². The average Bonchev–Trinajstić information content (AvgIpc) is 2.57. The molecule has 30 heavy (non-hydrogen) atoms. The summed E-state index contributed by atoms with van der Waals surface area (Å²) in [7, 11) is 0. The second-order valence-corrected chi connectivity index (χ2v) is 11.3. The Morgan fingerprint density at radius 2 is 1.47 bits per heavy atom. The van der Waals surface area contributed by atoms with Crippen LogP contribution in [0, 0.1) is 5.92 Å². The van der Waals surface area contributed by atoms with Crippen LogP contribution in [0.25, 0.3) is 0 Å². The number of amides is 1. The molecule has 0 aliphatic rings. The summed E-state index contributed by atoms with van der Waals surface area (Å²) in [6.45, 7) is 20.4. The Kier molecular flexibility index (Phi) is 13.3. The smallest absolute Gasteiger partial charge is 0.237 e. The lowest BCUT2D eigenvalue weighted by molar-refractivity contribution is -0.124. The average molecular weight is 431 g/mol. The maximum atomic E-state index is 12.7. The van der Waals surface area contributed by atoms with Crippen LogP contribution < -0.4 is 10.6 Å². The number of aliphatic hydroxyl groups excluding tert-OH is 1. The molecule has 0 aliphatic heterocycles. The third-order valence-electron chi connectivity index (χ3n) is 4.44. The second-order valence-electron chi connectivity index (χ2n) is 11.3. The van der Waals surface area contributed by atoms with E-state index in [1.165, 1.54) is 0 Å². The SMILES string of the molecule is CC(C)(C)N[C@@H](CCCOC(C)(C)C)C(=O)NCCCCC(CO)COC(C)(C)C. The fourth-order valence-corrected chi connectivity index (χ4v) is 2.95. The Bertz CT molecular complexity index is 461. The quantitative estimate of drug-likeness (QED) is 0.362. The van der Waals surface area contributed by atoms with E-state index in [9.17, 15) is 9.90 Å². The van der Waals surface area contributed by atoms with Gasteiger partial charge in [-0.05, 0) is 88.0 Å².